The number of methoxy groups -OCH3 is 1. The number of hydrogen-bond donors (Lipinski definition) is 1. The van der Waals surface area contributed by atoms with Gasteiger partial charge in [-0.1, -0.05) is 72.2 Å². The number of carbonyl (C=O) groups excluding carboxylic acids is 2. The van der Waals surface area contributed by atoms with E-state index in [0.29, 0.717) is 24.4 Å². The Morgan fingerprint density at radius 1 is 0.952 bits per heavy atom. The summed E-state index contributed by atoms with van der Waals surface area (Å²) in [5.41, 5.74) is 2.31. The second-order valence-electron chi connectivity index (χ2n) is 10.6. The minimum Gasteiger partial charge on any atom is -0.497 e. The van der Waals surface area contributed by atoms with Crippen molar-refractivity contribution in [2.24, 2.45) is 5.92 Å². The summed E-state index contributed by atoms with van der Waals surface area (Å²) in [6.07, 6.45) is 1.84. The van der Waals surface area contributed by atoms with Gasteiger partial charge in [0.2, 0.25) is 21.8 Å². The van der Waals surface area contributed by atoms with Crippen molar-refractivity contribution in [1.82, 2.24) is 10.2 Å². The van der Waals surface area contributed by atoms with Crippen LogP contribution in [0.15, 0.2) is 83.3 Å². The molecular formula is C32H40BrN3O5S. The molecule has 226 valence electrons. The third kappa shape index (κ3) is 10.2. The third-order valence-electron chi connectivity index (χ3n) is 6.71. The fourth-order valence-electron chi connectivity index (χ4n) is 4.56. The number of nitrogens with zero attached hydrogens (tertiary/aromatic N) is 2. The quantitative estimate of drug-likeness (QED) is 0.236. The maximum Gasteiger partial charge on any atom is 0.243 e. The molecule has 0 aliphatic heterocycles. The van der Waals surface area contributed by atoms with Crippen molar-refractivity contribution in [3.05, 3.63) is 94.5 Å². The molecule has 10 heteroatoms. The van der Waals surface area contributed by atoms with Gasteiger partial charge in [-0.2, -0.15) is 0 Å². The number of carbonyl (C=O) groups is 2. The van der Waals surface area contributed by atoms with Gasteiger partial charge in [-0.15, -0.1) is 0 Å². The number of halogens is 1. The maximum absolute atomic E-state index is 13.9. The third-order valence-corrected chi connectivity index (χ3v) is 8.40. The van der Waals surface area contributed by atoms with Gasteiger partial charge in [0.1, 0.15) is 11.8 Å². The van der Waals surface area contributed by atoms with Gasteiger partial charge < -0.3 is 15.0 Å². The molecule has 1 atom stereocenters. The highest BCUT2D eigenvalue weighted by molar-refractivity contribution is 9.10. The van der Waals surface area contributed by atoms with Crippen LogP contribution >= 0.6 is 15.9 Å². The lowest BCUT2D eigenvalue weighted by Crippen LogP contribution is -2.51. The molecule has 0 saturated heterocycles. The highest BCUT2D eigenvalue weighted by Gasteiger charge is 2.30. The zero-order chi connectivity index (χ0) is 30.7. The fourth-order valence-corrected chi connectivity index (χ4v) is 5.97. The molecule has 1 N–H and O–H groups in total. The minimum absolute atomic E-state index is 0.0684. The predicted molar refractivity (Wildman–Crippen MR) is 171 cm³/mol. The first-order valence-corrected chi connectivity index (χ1v) is 16.6. The van der Waals surface area contributed by atoms with Gasteiger partial charge in [0.15, 0.2) is 0 Å². The summed E-state index contributed by atoms with van der Waals surface area (Å²) < 4.78 is 32.6. The molecule has 0 aliphatic rings. The summed E-state index contributed by atoms with van der Waals surface area (Å²) in [5, 5.41) is 3.02. The Morgan fingerprint density at radius 2 is 1.62 bits per heavy atom. The van der Waals surface area contributed by atoms with Crippen molar-refractivity contribution in [3.63, 3.8) is 0 Å². The first kappa shape index (κ1) is 33.1. The Kier molecular flexibility index (Phi) is 12.4. The van der Waals surface area contributed by atoms with Crippen molar-refractivity contribution < 1.29 is 22.7 Å². The van der Waals surface area contributed by atoms with Crippen molar-refractivity contribution in [2.45, 2.75) is 45.7 Å². The molecule has 0 bridgehead atoms. The van der Waals surface area contributed by atoms with E-state index in [4.69, 9.17) is 4.74 Å². The minimum atomic E-state index is -3.60. The highest BCUT2D eigenvalue weighted by atomic mass is 79.9. The maximum atomic E-state index is 13.9. The van der Waals surface area contributed by atoms with E-state index >= 15 is 0 Å². The van der Waals surface area contributed by atoms with Crippen LogP contribution in [0.2, 0.25) is 0 Å². The van der Waals surface area contributed by atoms with E-state index in [9.17, 15) is 18.0 Å². The van der Waals surface area contributed by atoms with Gasteiger partial charge in [-0.05, 0) is 59.9 Å². The molecular weight excluding hydrogens is 618 g/mol. The Hall–Kier alpha value is -3.37. The zero-order valence-corrected chi connectivity index (χ0v) is 27.0. The second kappa shape index (κ2) is 15.7. The van der Waals surface area contributed by atoms with Crippen LogP contribution < -0.4 is 14.4 Å². The molecule has 0 aromatic heterocycles. The SMILES string of the molecule is COc1ccc(N(CCCC(=O)N(Cc2cccc(Br)c2)[C@H](Cc2ccccc2)C(=O)NCC(C)C)S(C)(=O)=O)cc1. The summed E-state index contributed by atoms with van der Waals surface area (Å²) >= 11 is 3.50. The Labute approximate surface area is 258 Å². The normalized spacial score (nSPS) is 12.0. The topological polar surface area (TPSA) is 96.0 Å². The smallest absolute Gasteiger partial charge is 0.243 e. The summed E-state index contributed by atoms with van der Waals surface area (Å²) in [6.45, 7) is 4.89. The van der Waals surface area contributed by atoms with E-state index < -0.39 is 16.1 Å². The number of sulfonamides is 1. The second-order valence-corrected chi connectivity index (χ2v) is 13.5. The van der Waals surface area contributed by atoms with Gasteiger partial charge in [-0.25, -0.2) is 8.42 Å². The predicted octanol–water partition coefficient (Wildman–Crippen LogP) is 5.42. The van der Waals surface area contributed by atoms with Crippen LogP contribution in [-0.4, -0.2) is 57.6 Å². The molecule has 3 rings (SSSR count). The molecule has 0 fully saturated rings. The van der Waals surface area contributed by atoms with Crippen LogP contribution in [-0.2, 0) is 32.6 Å². The molecule has 3 aromatic rings. The first-order valence-electron chi connectivity index (χ1n) is 13.9. The van der Waals surface area contributed by atoms with E-state index in [1.54, 1.807) is 36.3 Å². The molecule has 42 heavy (non-hydrogen) atoms. The largest absolute Gasteiger partial charge is 0.497 e. The molecule has 0 unspecified atom stereocenters. The first-order chi connectivity index (χ1) is 20.0. The number of benzene rings is 3. The van der Waals surface area contributed by atoms with Gasteiger partial charge >= 0.3 is 0 Å². The summed E-state index contributed by atoms with van der Waals surface area (Å²) in [5.74, 6) is 0.428. The molecule has 0 heterocycles. The van der Waals surface area contributed by atoms with E-state index in [-0.39, 0.29) is 43.7 Å². The van der Waals surface area contributed by atoms with Crippen LogP contribution in [0.3, 0.4) is 0 Å². The molecule has 0 saturated carbocycles. The summed E-state index contributed by atoms with van der Waals surface area (Å²) in [6, 6.07) is 23.3. The highest BCUT2D eigenvalue weighted by Crippen LogP contribution is 2.23. The number of amides is 2. The van der Waals surface area contributed by atoms with Crippen LogP contribution in [0.5, 0.6) is 5.75 Å². The molecule has 0 aliphatic carbocycles. The molecule has 2 amide bonds. The van der Waals surface area contributed by atoms with Gasteiger partial charge in [-0.3, -0.25) is 13.9 Å². The number of ether oxygens (including phenoxy) is 1. The van der Waals surface area contributed by atoms with E-state index in [0.717, 1.165) is 21.9 Å². The van der Waals surface area contributed by atoms with E-state index in [2.05, 4.69) is 21.2 Å². The lowest BCUT2D eigenvalue weighted by atomic mass is 10.0. The summed E-state index contributed by atoms with van der Waals surface area (Å²) in [4.78, 5) is 29.1. The van der Waals surface area contributed by atoms with Crippen LogP contribution in [0, 0.1) is 5.92 Å². The number of anilines is 1. The van der Waals surface area contributed by atoms with Crippen molar-refractivity contribution in [2.75, 3.05) is 30.8 Å². The van der Waals surface area contributed by atoms with Gasteiger partial charge in [0.05, 0.1) is 19.1 Å². The van der Waals surface area contributed by atoms with E-state index in [1.807, 2.05) is 68.4 Å². The zero-order valence-electron chi connectivity index (χ0n) is 24.6. The summed E-state index contributed by atoms with van der Waals surface area (Å²) in [7, 11) is -2.05. The molecule has 0 radical (unpaired) electrons. The lowest BCUT2D eigenvalue weighted by Gasteiger charge is -2.32. The number of hydrogen-bond acceptors (Lipinski definition) is 5. The van der Waals surface area contributed by atoms with Crippen LogP contribution in [0.4, 0.5) is 5.69 Å². The molecule has 3 aromatic carbocycles. The van der Waals surface area contributed by atoms with Crippen LogP contribution in [0.25, 0.3) is 0 Å². The Morgan fingerprint density at radius 3 is 2.21 bits per heavy atom. The average Bonchev–Trinajstić information content (AvgIpc) is 2.95. The fraction of sp³-hybridized carbons (Fsp3) is 0.375. The average molecular weight is 659 g/mol. The lowest BCUT2D eigenvalue weighted by molar-refractivity contribution is -0.141. The van der Waals surface area contributed by atoms with Gasteiger partial charge in [0.25, 0.3) is 0 Å². The van der Waals surface area contributed by atoms with Crippen LogP contribution in [0.1, 0.15) is 37.8 Å². The van der Waals surface area contributed by atoms with Crippen molar-refractivity contribution in [3.8, 4) is 5.75 Å². The van der Waals surface area contributed by atoms with Gasteiger partial charge in [0, 0.05) is 36.9 Å². The van der Waals surface area contributed by atoms with Crippen molar-refractivity contribution in [1.29, 1.82) is 0 Å². The Balaban J connectivity index is 1.87. The Bertz CT molecular complexity index is 1420. The standard InChI is InChI=1S/C32H40BrN3O5S/c1-24(2)22-34-32(38)30(21-25-10-6-5-7-11-25)35(23-26-12-8-13-27(33)20-26)31(37)14-9-19-36(42(4,39)40)28-15-17-29(41-3)18-16-28/h5-8,10-13,15-18,20,24,30H,9,14,19,21-23H2,1-4H3,(H,34,38)/t30-/m1/s1. The van der Waals surface area contributed by atoms with E-state index in [1.165, 1.54) is 4.31 Å². The van der Waals surface area contributed by atoms with Crippen molar-refractivity contribution >= 4 is 43.5 Å². The number of rotatable bonds is 15. The monoisotopic (exact) mass is 657 g/mol. The number of nitrogens with one attached hydrogen (secondary N) is 1. The molecule has 0 spiro atoms. The molecule has 8 nitrogen and oxygen atoms in total.